The quantitative estimate of drug-likeness (QED) is 0.844. The Morgan fingerprint density at radius 1 is 1.48 bits per heavy atom. The van der Waals surface area contributed by atoms with Crippen molar-refractivity contribution in [3.05, 3.63) is 35.6 Å². The zero-order chi connectivity index (χ0) is 15.2. The van der Waals surface area contributed by atoms with Crippen LogP contribution in [0.15, 0.2) is 24.3 Å². The standard InChI is InChI=1S/C16H21FN2O2/c1-12(14-4-6-15(17)7-5-14)18-16(21)10-19-8-2-3-13(9-19)11-20/h4-7,11-13H,2-3,8-10H2,1H3,(H,18,21). The van der Waals surface area contributed by atoms with Crippen LogP contribution in [-0.2, 0) is 9.59 Å². The van der Waals surface area contributed by atoms with E-state index in [4.69, 9.17) is 0 Å². The summed E-state index contributed by atoms with van der Waals surface area (Å²) in [5, 5.41) is 2.90. The number of rotatable bonds is 5. The molecule has 1 amide bonds. The zero-order valence-corrected chi connectivity index (χ0v) is 12.2. The van der Waals surface area contributed by atoms with Crippen LogP contribution in [0, 0.1) is 11.7 Å². The number of hydrogen-bond donors (Lipinski definition) is 1. The highest BCUT2D eigenvalue weighted by molar-refractivity contribution is 5.78. The van der Waals surface area contributed by atoms with Crippen molar-refractivity contribution < 1.29 is 14.0 Å². The topological polar surface area (TPSA) is 49.4 Å². The fourth-order valence-corrected chi connectivity index (χ4v) is 2.67. The summed E-state index contributed by atoms with van der Waals surface area (Å²) in [6.45, 7) is 3.68. The average molecular weight is 292 g/mol. The van der Waals surface area contributed by atoms with Crippen LogP contribution in [0.3, 0.4) is 0 Å². The van der Waals surface area contributed by atoms with Gasteiger partial charge in [0.2, 0.25) is 5.91 Å². The first-order valence-electron chi connectivity index (χ1n) is 7.31. The fourth-order valence-electron chi connectivity index (χ4n) is 2.67. The highest BCUT2D eigenvalue weighted by Crippen LogP contribution is 2.15. The van der Waals surface area contributed by atoms with Crippen LogP contribution in [0.25, 0.3) is 0 Å². The Kier molecular flexibility index (Phi) is 5.44. The van der Waals surface area contributed by atoms with Gasteiger partial charge in [0.05, 0.1) is 12.6 Å². The van der Waals surface area contributed by atoms with Gasteiger partial charge in [-0.15, -0.1) is 0 Å². The fraction of sp³-hybridized carbons (Fsp3) is 0.500. The van der Waals surface area contributed by atoms with Crippen molar-refractivity contribution in [3.63, 3.8) is 0 Å². The third-order valence-corrected chi connectivity index (χ3v) is 3.85. The zero-order valence-electron chi connectivity index (χ0n) is 12.2. The summed E-state index contributed by atoms with van der Waals surface area (Å²) in [6.07, 6.45) is 2.84. The second-order valence-corrected chi connectivity index (χ2v) is 5.61. The Labute approximate surface area is 124 Å². The first-order chi connectivity index (χ1) is 10.1. The van der Waals surface area contributed by atoms with E-state index in [0.29, 0.717) is 13.1 Å². The maximum atomic E-state index is 12.9. The third kappa shape index (κ3) is 4.63. The number of carbonyl (C=O) groups excluding carboxylic acids is 2. The van der Waals surface area contributed by atoms with E-state index in [1.807, 2.05) is 11.8 Å². The molecule has 1 N–H and O–H groups in total. The van der Waals surface area contributed by atoms with Gasteiger partial charge < -0.3 is 10.1 Å². The van der Waals surface area contributed by atoms with Crippen LogP contribution in [-0.4, -0.2) is 36.7 Å². The van der Waals surface area contributed by atoms with Crippen LogP contribution in [0.1, 0.15) is 31.4 Å². The molecule has 2 rings (SSSR count). The molecule has 0 aliphatic carbocycles. The molecular formula is C16H21FN2O2. The van der Waals surface area contributed by atoms with Gasteiger partial charge >= 0.3 is 0 Å². The molecule has 0 spiro atoms. The number of likely N-dealkylation sites (tertiary alicyclic amines) is 1. The average Bonchev–Trinajstić information content (AvgIpc) is 2.47. The number of nitrogens with one attached hydrogen (secondary N) is 1. The summed E-state index contributed by atoms with van der Waals surface area (Å²) in [6, 6.07) is 5.95. The third-order valence-electron chi connectivity index (χ3n) is 3.85. The van der Waals surface area contributed by atoms with E-state index >= 15 is 0 Å². The van der Waals surface area contributed by atoms with E-state index in [1.54, 1.807) is 12.1 Å². The monoisotopic (exact) mass is 292 g/mol. The molecule has 0 aromatic heterocycles. The van der Waals surface area contributed by atoms with E-state index < -0.39 is 0 Å². The SMILES string of the molecule is CC(NC(=O)CN1CCCC(C=O)C1)c1ccc(F)cc1. The molecular weight excluding hydrogens is 271 g/mol. The predicted octanol–water partition coefficient (Wildman–Crippen LogP) is 1.91. The van der Waals surface area contributed by atoms with Crippen molar-refractivity contribution >= 4 is 12.2 Å². The second kappa shape index (κ2) is 7.31. The van der Waals surface area contributed by atoms with Crippen LogP contribution in [0.2, 0.25) is 0 Å². The van der Waals surface area contributed by atoms with Gasteiger partial charge in [-0.25, -0.2) is 4.39 Å². The van der Waals surface area contributed by atoms with Crippen LogP contribution < -0.4 is 5.32 Å². The molecule has 0 radical (unpaired) electrons. The highest BCUT2D eigenvalue weighted by atomic mass is 19.1. The van der Waals surface area contributed by atoms with Gasteiger partial charge in [0.1, 0.15) is 12.1 Å². The summed E-state index contributed by atoms with van der Waals surface area (Å²) < 4.78 is 12.9. The number of nitrogens with zero attached hydrogens (tertiary/aromatic N) is 1. The van der Waals surface area contributed by atoms with Crippen molar-refractivity contribution in [1.29, 1.82) is 0 Å². The molecule has 1 aromatic carbocycles. The maximum Gasteiger partial charge on any atom is 0.234 e. The molecule has 4 nitrogen and oxygen atoms in total. The lowest BCUT2D eigenvalue weighted by Gasteiger charge is -2.29. The van der Waals surface area contributed by atoms with Gasteiger partial charge in [0, 0.05) is 12.5 Å². The molecule has 2 unspecified atom stereocenters. The van der Waals surface area contributed by atoms with Crippen LogP contribution in [0.4, 0.5) is 4.39 Å². The first kappa shape index (κ1) is 15.6. The van der Waals surface area contributed by atoms with Crippen LogP contribution >= 0.6 is 0 Å². The Balaban J connectivity index is 1.83. The van der Waals surface area contributed by atoms with Gasteiger partial charge in [0.25, 0.3) is 0 Å². The molecule has 0 saturated carbocycles. The smallest absolute Gasteiger partial charge is 0.234 e. The lowest BCUT2D eigenvalue weighted by molar-refractivity contribution is -0.124. The minimum atomic E-state index is -0.287. The highest BCUT2D eigenvalue weighted by Gasteiger charge is 2.21. The molecule has 1 fully saturated rings. The van der Waals surface area contributed by atoms with Crippen molar-refractivity contribution in [2.45, 2.75) is 25.8 Å². The summed E-state index contributed by atoms with van der Waals surface area (Å²) in [5.41, 5.74) is 0.870. The lowest BCUT2D eigenvalue weighted by Crippen LogP contribution is -2.43. The Morgan fingerprint density at radius 3 is 2.86 bits per heavy atom. The van der Waals surface area contributed by atoms with Gasteiger partial charge in [0.15, 0.2) is 0 Å². The van der Waals surface area contributed by atoms with Crippen molar-refractivity contribution in [2.24, 2.45) is 5.92 Å². The van der Waals surface area contributed by atoms with Gasteiger partial charge in [-0.1, -0.05) is 12.1 Å². The van der Waals surface area contributed by atoms with E-state index in [1.165, 1.54) is 12.1 Å². The normalized spacial score (nSPS) is 20.8. The van der Waals surface area contributed by atoms with E-state index in [-0.39, 0.29) is 23.7 Å². The minimum Gasteiger partial charge on any atom is -0.348 e. The number of halogens is 1. The molecule has 2 atom stereocenters. The second-order valence-electron chi connectivity index (χ2n) is 5.61. The summed E-state index contributed by atoms with van der Waals surface area (Å²) in [5.74, 6) is -0.315. The molecule has 1 saturated heterocycles. The summed E-state index contributed by atoms with van der Waals surface area (Å²) in [4.78, 5) is 24.9. The largest absolute Gasteiger partial charge is 0.348 e. The number of piperidine rings is 1. The molecule has 1 heterocycles. The predicted molar refractivity (Wildman–Crippen MR) is 78.2 cm³/mol. The van der Waals surface area contributed by atoms with Gasteiger partial charge in [-0.05, 0) is 44.0 Å². The van der Waals surface area contributed by atoms with E-state index in [0.717, 1.165) is 31.2 Å². The number of amides is 1. The number of benzene rings is 1. The van der Waals surface area contributed by atoms with Crippen molar-refractivity contribution in [1.82, 2.24) is 10.2 Å². The Morgan fingerprint density at radius 2 is 2.19 bits per heavy atom. The molecule has 5 heteroatoms. The van der Waals surface area contributed by atoms with Crippen molar-refractivity contribution in [2.75, 3.05) is 19.6 Å². The number of carbonyl (C=O) groups is 2. The van der Waals surface area contributed by atoms with E-state index in [2.05, 4.69) is 5.32 Å². The molecule has 1 aliphatic heterocycles. The molecule has 21 heavy (non-hydrogen) atoms. The lowest BCUT2D eigenvalue weighted by atomic mass is 10.00. The number of aldehydes is 1. The minimum absolute atomic E-state index is 0.0427. The Hall–Kier alpha value is -1.75. The maximum absolute atomic E-state index is 12.9. The molecule has 114 valence electrons. The first-order valence-corrected chi connectivity index (χ1v) is 7.31. The van der Waals surface area contributed by atoms with Gasteiger partial charge in [-0.3, -0.25) is 9.69 Å². The molecule has 1 aromatic rings. The van der Waals surface area contributed by atoms with Gasteiger partial charge in [-0.2, -0.15) is 0 Å². The molecule has 1 aliphatic rings. The summed E-state index contributed by atoms with van der Waals surface area (Å²) >= 11 is 0. The van der Waals surface area contributed by atoms with Crippen molar-refractivity contribution in [3.8, 4) is 0 Å². The van der Waals surface area contributed by atoms with E-state index in [9.17, 15) is 14.0 Å². The summed E-state index contributed by atoms with van der Waals surface area (Å²) in [7, 11) is 0. The number of hydrogen-bond acceptors (Lipinski definition) is 3. The Bertz CT molecular complexity index is 490. The molecule has 0 bridgehead atoms. The van der Waals surface area contributed by atoms with Crippen LogP contribution in [0.5, 0.6) is 0 Å².